The predicted octanol–water partition coefficient (Wildman–Crippen LogP) is 0.679. The van der Waals surface area contributed by atoms with Crippen LogP contribution in [-0.2, 0) is 6.42 Å². The van der Waals surface area contributed by atoms with Gasteiger partial charge in [0.05, 0.1) is 7.11 Å². The lowest BCUT2D eigenvalue weighted by Crippen LogP contribution is -3.00. The second kappa shape index (κ2) is 9.61. The normalized spacial score (nSPS) is 11.7. The number of benzene rings is 1. The third-order valence-electron chi connectivity index (χ3n) is 3.80. The lowest BCUT2D eigenvalue weighted by molar-refractivity contribution is -0.723. The van der Waals surface area contributed by atoms with E-state index in [1.165, 1.54) is 31.2 Å². The minimum absolute atomic E-state index is 0. The third-order valence-corrected chi connectivity index (χ3v) is 3.80. The molecule has 0 saturated heterocycles. The van der Waals surface area contributed by atoms with Gasteiger partial charge in [-0.1, -0.05) is 25.5 Å². The van der Waals surface area contributed by atoms with Crippen LogP contribution in [0.15, 0.2) is 43.0 Å². The summed E-state index contributed by atoms with van der Waals surface area (Å²) in [4.78, 5) is 3.15. The third kappa shape index (κ3) is 5.54. The van der Waals surface area contributed by atoms with Crippen LogP contribution in [0.5, 0.6) is 5.75 Å². The molecule has 1 aromatic heterocycles. The molecule has 2 aromatic rings. The van der Waals surface area contributed by atoms with E-state index in [9.17, 15) is 0 Å². The number of hydrogen-bond donors (Lipinski definition) is 1. The molecule has 116 valence electrons. The van der Waals surface area contributed by atoms with E-state index in [1.807, 2.05) is 18.3 Å². The first-order chi connectivity index (χ1) is 9.83. The first-order valence-corrected chi connectivity index (χ1v) is 7.50. The lowest BCUT2D eigenvalue weighted by atomic mass is 10.0. The lowest BCUT2D eigenvalue weighted by Gasteiger charge is -2.13. The summed E-state index contributed by atoms with van der Waals surface area (Å²) in [5.41, 5.74) is 1.38. The first-order valence-electron chi connectivity index (χ1n) is 7.50. The van der Waals surface area contributed by atoms with E-state index in [2.05, 4.69) is 41.1 Å². The van der Waals surface area contributed by atoms with Gasteiger partial charge >= 0.3 is 0 Å². The van der Waals surface area contributed by atoms with Gasteiger partial charge in [-0.25, -0.2) is 4.57 Å². The number of nitrogens with one attached hydrogen (secondary N) is 1. The van der Waals surface area contributed by atoms with Crippen LogP contribution in [0, 0.1) is 0 Å². The average molecular weight is 353 g/mol. The summed E-state index contributed by atoms with van der Waals surface area (Å²) in [5, 5.41) is 0. The maximum absolute atomic E-state index is 5.20. The van der Waals surface area contributed by atoms with Crippen LogP contribution in [0.25, 0.3) is 0 Å². The van der Waals surface area contributed by atoms with Crippen LogP contribution in [0.4, 0.5) is 0 Å². The molecule has 0 aliphatic rings. The van der Waals surface area contributed by atoms with Gasteiger partial charge in [-0.3, -0.25) is 4.98 Å². The standard InChI is InChI=1S/C17H24N2O.BrH/c1-3-4-5-16(19-13-12-18-14-19)9-6-15-7-10-17(20-2)11-8-15;/h7-8,10-14,16H,3-6,9H2,1-2H3;1H. The quantitative estimate of drug-likeness (QED) is 0.695. The Bertz CT molecular complexity index is 482. The van der Waals surface area contributed by atoms with E-state index in [0.717, 1.165) is 12.2 Å². The summed E-state index contributed by atoms with van der Waals surface area (Å²) in [6.45, 7) is 2.25. The minimum Gasteiger partial charge on any atom is -1.00 e. The van der Waals surface area contributed by atoms with E-state index in [0.29, 0.717) is 6.04 Å². The second-order valence-corrected chi connectivity index (χ2v) is 5.24. The summed E-state index contributed by atoms with van der Waals surface area (Å²) < 4.78 is 7.50. The number of imidazole rings is 1. The molecule has 0 radical (unpaired) electrons. The van der Waals surface area contributed by atoms with Gasteiger partial charge < -0.3 is 21.7 Å². The second-order valence-electron chi connectivity index (χ2n) is 5.24. The zero-order chi connectivity index (χ0) is 14.2. The molecule has 1 atom stereocenters. The fraction of sp³-hybridized carbons (Fsp3) is 0.471. The molecule has 2 rings (SSSR count). The minimum atomic E-state index is 0. The highest BCUT2D eigenvalue weighted by Gasteiger charge is 2.14. The van der Waals surface area contributed by atoms with Gasteiger partial charge in [0, 0.05) is 0 Å². The van der Waals surface area contributed by atoms with Crippen molar-refractivity contribution in [1.82, 2.24) is 4.98 Å². The molecular weight excluding hydrogens is 328 g/mol. The Hall–Kier alpha value is -1.29. The topological polar surface area (TPSA) is 28.9 Å². The van der Waals surface area contributed by atoms with Crippen molar-refractivity contribution < 1.29 is 26.3 Å². The van der Waals surface area contributed by atoms with Gasteiger partial charge in [-0.05, 0) is 43.4 Å². The van der Waals surface area contributed by atoms with E-state index >= 15 is 0 Å². The van der Waals surface area contributed by atoms with E-state index < -0.39 is 0 Å². The van der Waals surface area contributed by atoms with Gasteiger partial charge in [0.15, 0.2) is 0 Å². The van der Waals surface area contributed by atoms with Gasteiger partial charge in [0.2, 0.25) is 6.33 Å². The number of aromatic amines is 1. The van der Waals surface area contributed by atoms with Crippen LogP contribution in [0.1, 0.15) is 44.2 Å². The van der Waals surface area contributed by atoms with E-state index in [1.54, 1.807) is 7.11 Å². The number of hydrogen-bond acceptors (Lipinski definition) is 1. The number of H-pyrrole nitrogens is 1. The number of halogens is 1. The summed E-state index contributed by atoms with van der Waals surface area (Å²) in [7, 11) is 1.71. The predicted molar refractivity (Wildman–Crippen MR) is 80.9 cm³/mol. The first kappa shape index (κ1) is 17.8. The van der Waals surface area contributed by atoms with Gasteiger partial charge in [0.1, 0.15) is 24.2 Å². The van der Waals surface area contributed by atoms with Crippen molar-refractivity contribution >= 4 is 0 Å². The number of aromatic nitrogens is 2. The van der Waals surface area contributed by atoms with E-state index in [-0.39, 0.29) is 17.0 Å². The van der Waals surface area contributed by atoms with Crippen LogP contribution in [0.2, 0.25) is 0 Å². The number of ether oxygens (including phenoxy) is 1. The molecule has 0 saturated carbocycles. The monoisotopic (exact) mass is 352 g/mol. The number of unbranched alkanes of at least 4 members (excludes halogenated alkanes) is 1. The molecule has 1 heterocycles. The van der Waals surface area contributed by atoms with Crippen LogP contribution >= 0.6 is 0 Å². The molecule has 21 heavy (non-hydrogen) atoms. The largest absolute Gasteiger partial charge is 1.00 e. The Morgan fingerprint density at radius 2 is 1.95 bits per heavy atom. The smallest absolute Gasteiger partial charge is 0.241 e. The maximum Gasteiger partial charge on any atom is 0.241 e. The highest BCUT2D eigenvalue weighted by Crippen LogP contribution is 2.18. The number of rotatable bonds is 8. The summed E-state index contributed by atoms with van der Waals surface area (Å²) >= 11 is 0. The van der Waals surface area contributed by atoms with Crippen LogP contribution in [0.3, 0.4) is 0 Å². The van der Waals surface area contributed by atoms with Gasteiger partial charge in [-0.15, -0.1) is 0 Å². The van der Waals surface area contributed by atoms with Gasteiger partial charge in [-0.2, -0.15) is 0 Å². The molecule has 4 heteroatoms. The highest BCUT2D eigenvalue weighted by atomic mass is 79.9. The van der Waals surface area contributed by atoms with Crippen molar-refractivity contribution in [3.8, 4) is 5.75 Å². The van der Waals surface area contributed by atoms with Crippen LogP contribution < -0.4 is 26.3 Å². The molecule has 1 aromatic carbocycles. The Kier molecular flexibility index (Phi) is 8.13. The van der Waals surface area contributed by atoms with Crippen LogP contribution in [-0.4, -0.2) is 12.1 Å². The van der Waals surface area contributed by atoms with E-state index in [4.69, 9.17) is 4.74 Å². The van der Waals surface area contributed by atoms with Crippen molar-refractivity contribution in [2.45, 2.75) is 45.1 Å². The molecule has 0 bridgehead atoms. The fourth-order valence-electron chi connectivity index (χ4n) is 2.54. The Morgan fingerprint density at radius 1 is 1.19 bits per heavy atom. The SMILES string of the molecule is CCCCC(CCc1ccc(OC)cc1)[n+]1cc[nH]c1.[Br-]. The molecule has 0 fully saturated rings. The maximum atomic E-state index is 5.20. The zero-order valence-corrected chi connectivity index (χ0v) is 14.5. The molecule has 0 aliphatic carbocycles. The summed E-state index contributed by atoms with van der Waals surface area (Å²) in [6.07, 6.45) is 12.3. The molecule has 1 unspecified atom stereocenters. The van der Waals surface area contributed by atoms with Gasteiger partial charge in [0.25, 0.3) is 0 Å². The Labute approximate surface area is 138 Å². The highest BCUT2D eigenvalue weighted by molar-refractivity contribution is 5.27. The molecule has 0 spiro atoms. The number of methoxy groups -OCH3 is 1. The van der Waals surface area contributed by atoms with Crippen molar-refractivity contribution in [3.05, 3.63) is 48.5 Å². The zero-order valence-electron chi connectivity index (χ0n) is 12.9. The number of nitrogens with zero attached hydrogens (tertiary/aromatic N) is 1. The molecule has 3 nitrogen and oxygen atoms in total. The molecule has 1 N–H and O–H groups in total. The molecular formula is C17H25BrN2O. The molecule has 0 aliphatic heterocycles. The van der Waals surface area contributed by atoms with Crippen molar-refractivity contribution in [2.24, 2.45) is 0 Å². The average Bonchev–Trinajstić information content (AvgIpc) is 3.02. The fourth-order valence-corrected chi connectivity index (χ4v) is 2.54. The van der Waals surface area contributed by atoms with Crippen molar-refractivity contribution in [1.29, 1.82) is 0 Å². The Morgan fingerprint density at radius 3 is 2.52 bits per heavy atom. The number of aryl methyl sites for hydroxylation is 1. The molecule has 0 amide bonds. The summed E-state index contributed by atoms with van der Waals surface area (Å²) in [6, 6.07) is 9.00. The Balaban J connectivity index is 0.00000220. The van der Waals surface area contributed by atoms with Crippen molar-refractivity contribution in [2.75, 3.05) is 7.11 Å². The van der Waals surface area contributed by atoms with Crippen molar-refractivity contribution in [3.63, 3.8) is 0 Å². The summed E-state index contributed by atoms with van der Waals surface area (Å²) in [5.74, 6) is 0.927.